The minimum Gasteiger partial charge on any atom is -0.508 e. The number of carboxylic acid groups (broad SMARTS) is 1. The molecule has 3 nitrogen and oxygen atoms in total. The number of phenolic OH excluding ortho intramolecular Hbond substituents is 1. The van der Waals surface area contributed by atoms with Gasteiger partial charge in [-0.3, -0.25) is 4.79 Å². The van der Waals surface area contributed by atoms with E-state index >= 15 is 0 Å². The van der Waals surface area contributed by atoms with E-state index < -0.39 is 17.2 Å². The van der Waals surface area contributed by atoms with Gasteiger partial charge in [-0.15, -0.1) is 0 Å². The maximum Gasteiger partial charge on any atom is 0.314 e. The summed E-state index contributed by atoms with van der Waals surface area (Å²) in [5.74, 6) is -2.02. The molecule has 0 spiro atoms. The van der Waals surface area contributed by atoms with Crippen LogP contribution >= 0.6 is 15.9 Å². The summed E-state index contributed by atoms with van der Waals surface area (Å²) in [7, 11) is 0. The van der Waals surface area contributed by atoms with E-state index in [4.69, 9.17) is 0 Å². The minimum atomic E-state index is -1.28. The van der Waals surface area contributed by atoms with E-state index in [9.17, 15) is 19.4 Å². The Hall–Kier alpha value is -1.10. The number of hydrogen-bond donors (Lipinski definition) is 2. The zero-order chi connectivity index (χ0) is 12.6. The van der Waals surface area contributed by atoms with Gasteiger partial charge in [-0.2, -0.15) is 0 Å². The highest BCUT2D eigenvalue weighted by atomic mass is 79.9. The van der Waals surface area contributed by atoms with E-state index in [1.54, 1.807) is 0 Å². The van der Waals surface area contributed by atoms with Crippen LogP contribution in [-0.2, 0) is 10.2 Å². The number of carboxylic acids is 1. The van der Waals surface area contributed by atoms with E-state index in [1.165, 1.54) is 12.1 Å². The molecule has 0 radical (unpaired) electrons. The molecule has 0 amide bonds. The van der Waals surface area contributed by atoms with Crippen LogP contribution in [0.15, 0.2) is 16.6 Å². The topological polar surface area (TPSA) is 57.5 Å². The third-order valence-electron chi connectivity index (χ3n) is 3.42. The number of hydrogen-bond acceptors (Lipinski definition) is 2. The molecule has 5 heteroatoms. The van der Waals surface area contributed by atoms with Crippen molar-refractivity contribution in [2.24, 2.45) is 0 Å². The molecular formula is C12H12BrFO3. The van der Waals surface area contributed by atoms with Gasteiger partial charge in [0.1, 0.15) is 11.6 Å². The van der Waals surface area contributed by atoms with Crippen molar-refractivity contribution in [1.29, 1.82) is 0 Å². The second kappa shape index (κ2) is 4.29. The third-order valence-corrected chi connectivity index (χ3v) is 4.03. The van der Waals surface area contributed by atoms with Crippen LogP contribution in [0.2, 0.25) is 0 Å². The van der Waals surface area contributed by atoms with E-state index in [0.29, 0.717) is 12.8 Å². The van der Waals surface area contributed by atoms with Crippen molar-refractivity contribution >= 4 is 21.9 Å². The normalized spacial score (nSPS) is 18.2. The van der Waals surface area contributed by atoms with Crippen molar-refractivity contribution in [2.75, 3.05) is 0 Å². The summed E-state index contributed by atoms with van der Waals surface area (Å²) in [6.07, 6.45) is 2.20. The molecule has 1 aliphatic carbocycles. The highest BCUT2D eigenvalue weighted by Gasteiger charge is 2.46. The largest absolute Gasteiger partial charge is 0.508 e. The predicted octanol–water partition coefficient (Wildman–Crippen LogP) is 3.19. The second-order valence-corrected chi connectivity index (χ2v) is 5.20. The van der Waals surface area contributed by atoms with Crippen molar-refractivity contribution in [1.82, 2.24) is 0 Å². The molecule has 92 valence electrons. The first-order valence-electron chi connectivity index (χ1n) is 5.40. The Morgan fingerprint density at radius 2 is 1.94 bits per heavy atom. The predicted molar refractivity (Wildman–Crippen MR) is 63.5 cm³/mol. The number of aromatic hydroxyl groups is 1. The molecule has 0 aromatic heterocycles. The summed E-state index contributed by atoms with van der Waals surface area (Å²) < 4.78 is 14.2. The number of aliphatic carboxylic acids is 1. The molecule has 0 unspecified atom stereocenters. The fourth-order valence-corrected chi connectivity index (χ4v) is 2.88. The monoisotopic (exact) mass is 302 g/mol. The molecule has 1 fully saturated rings. The second-order valence-electron chi connectivity index (χ2n) is 4.35. The Morgan fingerprint density at radius 1 is 1.35 bits per heavy atom. The van der Waals surface area contributed by atoms with Crippen LogP contribution in [0.25, 0.3) is 0 Å². The number of benzene rings is 1. The maximum atomic E-state index is 14.0. The standard InChI is InChI=1S/C12H12BrFO3/c13-7-3-4-8(15)9(10(7)14)12(11(16)17)5-1-2-6-12/h3-4,15H,1-2,5-6H2,(H,16,17). The third kappa shape index (κ3) is 1.82. The fourth-order valence-electron chi connectivity index (χ4n) is 2.55. The van der Waals surface area contributed by atoms with Crippen molar-refractivity contribution in [3.05, 3.63) is 28.0 Å². The van der Waals surface area contributed by atoms with Gasteiger partial charge >= 0.3 is 5.97 Å². The Labute approximate surface area is 106 Å². The number of halogens is 2. The van der Waals surface area contributed by atoms with Gasteiger partial charge in [-0.25, -0.2) is 4.39 Å². The first-order chi connectivity index (χ1) is 7.99. The van der Waals surface area contributed by atoms with Gasteiger partial charge in [0.2, 0.25) is 0 Å². The lowest BCUT2D eigenvalue weighted by Gasteiger charge is -2.26. The first kappa shape index (κ1) is 12.4. The average Bonchev–Trinajstić information content (AvgIpc) is 2.74. The Bertz CT molecular complexity index is 467. The molecule has 0 atom stereocenters. The van der Waals surface area contributed by atoms with Crippen LogP contribution in [0, 0.1) is 5.82 Å². The molecule has 1 aliphatic rings. The number of carbonyl (C=O) groups is 1. The SMILES string of the molecule is O=C(O)C1(c2c(O)ccc(Br)c2F)CCCC1. The van der Waals surface area contributed by atoms with Crippen molar-refractivity contribution in [3.8, 4) is 5.75 Å². The molecule has 0 saturated heterocycles. The molecule has 1 aromatic rings. The van der Waals surface area contributed by atoms with Gasteiger partial charge < -0.3 is 10.2 Å². The van der Waals surface area contributed by atoms with Crippen LogP contribution < -0.4 is 0 Å². The zero-order valence-corrected chi connectivity index (χ0v) is 10.6. The van der Waals surface area contributed by atoms with Crippen LogP contribution in [-0.4, -0.2) is 16.2 Å². The summed E-state index contributed by atoms with van der Waals surface area (Å²) in [4.78, 5) is 11.4. The summed E-state index contributed by atoms with van der Waals surface area (Å²) in [5.41, 5.74) is -1.37. The van der Waals surface area contributed by atoms with E-state index in [1.807, 2.05) is 0 Å². The van der Waals surface area contributed by atoms with Gasteiger partial charge in [-0.05, 0) is 40.9 Å². The molecule has 0 bridgehead atoms. The molecule has 0 heterocycles. The van der Waals surface area contributed by atoms with Crippen LogP contribution in [0.5, 0.6) is 5.75 Å². The van der Waals surface area contributed by atoms with Crippen molar-refractivity contribution in [2.45, 2.75) is 31.1 Å². The Kier molecular flexibility index (Phi) is 3.12. The highest BCUT2D eigenvalue weighted by Crippen LogP contribution is 2.47. The summed E-state index contributed by atoms with van der Waals surface area (Å²) in [5, 5.41) is 19.1. The zero-order valence-electron chi connectivity index (χ0n) is 9.04. The van der Waals surface area contributed by atoms with Crippen LogP contribution in [0.4, 0.5) is 4.39 Å². The average molecular weight is 303 g/mol. The van der Waals surface area contributed by atoms with Crippen LogP contribution in [0.1, 0.15) is 31.2 Å². The lowest BCUT2D eigenvalue weighted by Crippen LogP contribution is -2.33. The molecule has 2 N–H and O–H groups in total. The molecule has 1 aromatic carbocycles. The molecule has 2 rings (SSSR count). The van der Waals surface area contributed by atoms with Crippen LogP contribution in [0.3, 0.4) is 0 Å². The maximum absolute atomic E-state index is 14.0. The summed E-state index contributed by atoms with van der Waals surface area (Å²) in [6.45, 7) is 0. The van der Waals surface area contributed by atoms with E-state index in [-0.39, 0.29) is 15.8 Å². The van der Waals surface area contributed by atoms with Gasteiger partial charge in [0, 0.05) is 5.56 Å². The van der Waals surface area contributed by atoms with E-state index in [2.05, 4.69) is 15.9 Å². The molecule has 0 aliphatic heterocycles. The van der Waals surface area contributed by atoms with Gasteiger partial charge in [0.25, 0.3) is 0 Å². The molecular weight excluding hydrogens is 291 g/mol. The summed E-state index contributed by atoms with van der Waals surface area (Å²) >= 11 is 3.02. The van der Waals surface area contributed by atoms with E-state index in [0.717, 1.165) is 12.8 Å². The van der Waals surface area contributed by atoms with Gasteiger partial charge in [0.05, 0.1) is 9.89 Å². The number of phenols is 1. The lowest BCUT2D eigenvalue weighted by molar-refractivity contribution is -0.143. The Morgan fingerprint density at radius 3 is 2.47 bits per heavy atom. The van der Waals surface area contributed by atoms with Crippen molar-refractivity contribution in [3.63, 3.8) is 0 Å². The number of rotatable bonds is 2. The summed E-state index contributed by atoms with van der Waals surface area (Å²) in [6, 6.07) is 2.70. The van der Waals surface area contributed by atoms with Gasteiger partial charge in [-0.1, -0.05) is 12.8 Å². The Balaban J connectivity index is 2.66. The van der Waals surface area contributed by atoms with Gasteiger partial charge in [0.15, 0.2) is 0 Å². The highest BCUT2D eigenvalue weighted by molar-refractivity contribution is 9.10. The van der Waals surface area contributed by atoms with Crippen molar-refractivity contribution < 1.29 is 19.4 Å². The lowest BCUT2D eigenvalue weighted by atomic mass is 9.78. The first-order valence-corrected chi connectivity index (χ1v) is 6.19. The fraction of sp³-hybridized carbons (Fsp3) is 0.417. The molecule has 1 saturated carbocycles. The smallest absolute Gasteiger partial charge is 0.314 e. The molecule has 17 heavy (non-hydrogen) atoms. The quantitative estimate of drug-likeness (QED) is 0.882. The minimum absolute atomic E-state index is 0.0862.